The van der Waals surface area contributed by atoms with Crippen molar-refractivity contribution in [2.75, 3.05) is 13.1 Å². The van der Waals surface area contributed by atoms with Crippen LogP contribution in [-0.2, 0) is 12.8 Å². The zero-order valence-electron chi connectivity index (χ0n) is 10.6. The second kappa shape index (κ2) is 5.44. The number of halogens is 1. The van der Waals surface area contributed by atoms with Crippen LogP contribution in [0.4, 0.5) is 4.39 Å². The highest BCUT2D eigenvalue weighted by molar-refractivity contribution is 5.16. The third-order valence-corrected chi connectivity index (χ3v) is 3.36. The predicted molar refractivity (Wildman–Crippen MR) is 68.1 cm³/mol. The molecule has 100 valence electrons. The number of aromatic nitrogens is 4. The van der Waals surface area contributed by atoms with Crippen LogP contribution in [0.25, 0.3) is 0 Å². The van der Waals surface area contributed by atoms with E-state index in [-0.39, 0.29) is 5.82 Å². The Kier molecular flexibility index (Phi) is 3.50. The highest BCUT2D eigenvalue weighted by atomic mass is 19.1. The van der Waals surface area contributed by atoms with E-state index < -0.39 is 0 Å². The maximum absolute atomic E-state index is 13.0. The molecule has 0 amide bonds. The number of nitrogens with one attached hydrogen (secondary N) is 1. The van der Waals surface area contributed by atoms with Gasteiger partial charge < -0.3 is 5.32 Å². The van der Waals surface area contributed by atoms with E-state index in [1.807, 2.05) is 6.07 Å². The van der Waals surface area contributed by atoms with Crippen LogP contribution < -0.4 is 5.32 Å². The first-order chi connectivity index (χ1) is 9.31. The second-order valence-corrected chi connectivity index (χ2v) is 4.80. The molecule has 2 heterocycles. The molecule has 6 heteroatoms. The van der Waals surface area contributed by atoms with E-state index in [4.69, 9.17) is 0 Å². The van der Waals surface area contributed by atoms with Crippen LogP contribution in [-0.4, -0.2) is 33.3 Å². The minimum absolute atomic E-state index is 0.203. The monoisotopic (exact) mass is 261 g/mol. The minimum atomic E-state index is -0.203. The van der Waals surface area contributed by atoms with Crippen molar-refractivity contribution in [2.45, 2.75) is 25.3 Å². The number of rotatable bonds is 4. The molecule has 0 radical (unpaired) electrons. The minimum Gasteiger partial charge on any atom is -0.314 e. The summed E-state index contributed by atoms with van der Waals surface area (Å²) in [5, 5.41) is 15.8. The fourth-order valence-corrected chi connectivity index (χ4v) is 2.30. The SMILES string of the molecule is Fc1cccc(CCc2nnn(C3CCNC3)n2)c1. The number of aryl methyl sites for hydroxylation is 2. The van der Waals surface area contributed by atoms with Crippen molar-refractivity contribution in [3.63, 3.8) is 0 Å². The summed E-state index contributed by atoms with van der Waals surface area (Å²) >= 11 is 0. The summed E-state index contributed by atoms with van der Waals surface area (Å²) in [6.07, 6.45) is 2.45. The molecule has 1 N–H and O–H groups in total. The van der Waals surface area contributed by atoms with Gasteiger partial charge in [-0.05, 0) is 42.3 Å². The molecule has 0 spiro atoms. The third-order valence-electron chi connectivity index (χ3n) is 3.36. The zero-order chi connectivity index (χ0) is 13.1. The molecule has 1 saturated heterocycles. The fraction of sp³-hybridized carbons (Fsp3) is 0.462. The number of tetrazole rings is 1. The van der Waals surface area contributed by atoms with Gasteiger partial charge in [0.2, 0.25) is 0 Å². The van der Waals surface area contributed by atoms with Gasteiger partial charge in [0.1, 0.15) is 5.82 Å². The molecule has 1 aliphatic rings. The van der Waals surface area contributed by atoms with Crippen molar-refractivity contribution in [3.8, 4) is 0 Å². The lowest BCUT2D eigenvalue weighted by molar-refractivity contribution is 0.422. The molecule has 0 aliphatic carbocycles. The molecule has 3 rings (SSSR count). The second-order valence-electron chi connectivity index (χ2n) is 4.80. The predicted octanol–water partition coefficient (Wildman–Crippen LogP) is 1.13. The zero-order valence-corrected chi connectivity index (χ0v) is 10.6. The molecular weight excluding hydrogens is 245 g/mol. The van der Waals surface area contributed by atoms with E-state index in [1.54, 1.807) is 16.9 Å². The molecule has 2 aromatic rings. The van der Waals surface area contributed by atoms with Crippen LogP contribution in [0.3, 0.4) is 0 Å². The van der Waals surface area contributed by atoms with Crippen molar-refractivity contribution in [3.05, 3.63) is 41.5 Å². The van der Waals surface area contributed by atoms with Gasteiger partial charge in [0.15, 0.2) is 5.82 Å². The summed E-state index contributed by atoms with van der Waals surface area (Å²) in [6.45, 7) is 1.91. The lowest BCUT2D eigenvalue weighted by atomic mass is 10.1. The molecule has 19 heavy (non-hydrogen) atoms. The Balaban J connectivity index is 1.61. The highest BCUT2D eigenvalue weighted by Gasteiger charge is 2.18. The van der Waals surface area contributed by atoms with Crippen LogP contribution >= 0.6 is 0 Å². The van der Waals surface area contributed by atoms with Gasteiger partial charge in [-0.3, -0.25) is 0 Å². The Morgan fingerprint density at radius 3 is 3.11 bits per heavy atom. The number of benzene rings is 1. The Hall–Kier alpha value is -1.82. The Labute approximate surface area is 110 Å². The molecule has 1 aliphatic heterocycles. The van der Waals surface area contributed by atoms with E-state index >= 15 is 0 Å². The third kappa shape index (κ3) is 2.96. The van der Waals surface area contributed by atoms with Gasteiger partial charge in [0.25, 0.3) is 0 Å². The van der Waals surface area contributed by atoms with Gasteiger partial charge in [-0.15, -0.1) is 10.2 Å². The summed E-state index contributed by atoms with van der Waals surface area (Å²) in [4.78, 5) is 1.70. The number of nitrogens with zero attached hydrogens (tertiary/aromatic N) is 4. The van der Waals surface area contributed by atoms with Crippen LogP contribution in [0.15, 0.2) is 24.3 Å². The summed E-state index contributed by atoms with van der Waals surface area (Å²) < 4.78 is 13.0. The maximum atomic E-state index is 13.0. The lowest BCUT2D eigenvalue weighted by Gasteiger charge is -2.04. The van der Waals surface area contributed by atoms with Gasteiger partial charge in [-0.1, -0.05) is 12.1 Å². The molecule has 1 fully saturated rings. The summed E-state index contributed by atoms with van der Waals surface area (Å²) in [7, 11) is 0. The quantitative estimate of drug-likeness (QED) is 0.896. The highest BCUT2D eigenvalue weighted by Crippen LogP contribution is 2.12. The van der Waals surface area contributed by atoms with Gasteiger partial charge in [0, 0.05) is 13.0 Å². The summed E-state index contributed by atoms with van der Waals surface area (Å²) in [6, 6.07) is 6.94. The van der Waals surface area contributed by atoms with Gasteiger partial charge in [0.05, 0.1) is 6.04 Å². The van der Waals surface area contributed by atoms with Gasteiger partial charge in [-0.2, -0.15) is 4.80 Å². The fourth-order valence-electron chi connectivity index (χ4n) is 2.30. The smallest absolute Gasteiger partial charge is 0.175 e. The van der Waals surface area contributed by atoms with Crippen LogP contribution in [0.2, 0.25) is 0 Å². The van der Waals surface area contributed by atoms with Gasteiger partial charge >= 0.3 is 0 Å². The first-order valence-electron chi connectivity index (χ1n) is 6.55. The topological polar surface area (TPSA) is 55.6 Å². The maximum Gasteiger partial charge on any atom is 0.175 e. The standard InChI is InChI=1S/C13H16FN5/c14-11-3-1-2-10(8-11)4-5-13-16-18-19(17-13)12-6-7-15-9-12/h1-3,8,12,15H,4-7,9H2. The Morgan fingerprint density at radius 2 is 2.32 bits per heavy atom. The van der Waals surface area contributed by atoms with Crippen LogP contribution in [0, 0.1) is 5.82 Å². The van der Waals surface area contributed by atoms with Gasteiger partial charge in [-0.25, -0.2) is 4.39 Å². The van der Waals surface area contributed by atoms with Crippen molar-refractivity contribution >= 4 is 0 Å². The first kappa shape index (κ1) is 12.2. The Bertz CT molecular complexity index is 547. The van der Waals surface area contributed by atoms with E-state index in [9.17, 15) is 4.39 Å². The van der Waals surface area contributed by atoms with E-state index in [0.29, 0.717) is 12.5 Å². The molecule has 5 nitrogen and oxygen atoms in total. The van der Waals surface area contributed by atoms with Crippen molar-refractivity contribution in [1.29, 1.82) is 0 Å². The van der Waals surface area contributed by atoms with E-state index in [1.165, 1.54) is 6.07 Å². The Morgan fingerprint density at radius 1 is 1.37 bits per heavy atom. The molecule has 1 unspecified atom stereocenters. The molecule has 0 bridgehead atoms. The first-order valence-corrected chi connectivity index (χ1v) is 6.55. The van der Waals surface area contributed by atoms with Crippen molar-refractivity contribution in [2.24, 2.45) is 0 Å². The average Bonchev–Trinajstić information content (AvgIpc) is 3.07. The average molecular weight is 261 g/mol. The number of hydrogen-bond acceptors (Lipinski definition) is 4. The molecule has 0 saturated carbocycles. The number of hydrogen-bond donors (Lipinski definition) is 1. The van der Waals surface area contributed by atoms with Crippen LogP contribution in [0.1, 0.15) is 23.9 Å². The molecule has 1 aromatic carbocycles. The molecular formula is C13H16FN5. The van der Waals surface area contributed by atoms with Crippen molar-refractivity contribution < 1.29 is 4.39 Å². The van der Waals surface area contributed by atoms with Crippen LogP contribution in [0.5, 0.6) is 0 Å². The lowest BCUT2D eigenvalue weighted by Crippen LogP contribution is -2.16. The summed E-state index contributed by atoms with van der Waals surface area (Å²) in [5.74, 6) is 0.516. The van der Waals surface area contributed by atoms with E-state index in [0.717, 1.165) is 37.3 Å². The summed E-state index contributed by atoms with van der Waals surface area (Å²) in [5.41, 5.74) is 0.957. The normalized spacial score (nSPS) is 18.9. The largest absolute Gasteiger partial charge is 0.314 e. The van der Waals surface area contributed by atoms with E-state index in [2.05, 4.69) is 20.7 Å². The molecule has 1 atom stereocenters. The van der Waals surface area contributed by atoms with Crippen molar-refractivity contribution in [1.82, 2.24) is 25.5 Å². The molecule has 1 aromatic heterocycles.